The highest BCUT2D eigenvalue weighted by Crippen LogP contribution is 2.24. The molecular formula is C10H15FN2O4S. The number of hydrogen-bond donors (Lipinski definition) is 1. The number of halogens is 1. The first-order valence-electron chi connectivity index (χ1n) is 5.32. The van der Waals surface area contributed by atoms with Gasteiger partial charge in [-0.1, -0.05) is 6.92 Å². The maximum absolute atomic E-state index is 12.7. The van der Waals surface area contributed by atoms with Crippen LogP contribution in [0.15, 0.2) is 12.4 Å². The Balaban J connectivity index is 3.12. The smallest absolute Gasteiger partial charge is 0.268 e. The van der Waals surface area contributed by atoms with Gasteiger partial charge in [-0.2, -0.15) is 8.42 Å². The molecule has 0 aliphatic carbocycles. The summed E-state index contributed by atoms with van der Waals surface area (Å²) in [6.45, 7) is 1.63. The predicted octanol–water partition coefficient (Wildman–Crippen LogP) is 1.01. The van der Waals surface area contributed by atoms with Crippen LogP contribution in [0, 0.1) is 5.82 Å². The first-order chi connectivity index (χ1) is 8.40. The number of nitrogens with zero attached hydrogens (tertiary/aromatic N) is 2. The van der Waals surface area contributed by atoms with Gasteiger partial charge in [-0.25, -0.2) is 14.4 Å². The SMILES string of the molecule is CC[C@H]([C@H](COC)c1ncc(F)cn1)S(=O)(=O)O. The van der Waals surface area contributed by atoms with Crippen molar-refractivity contribution in [1.82, 2.24) is 9.97 Å². The standard InChI is InChI=1S/C10H15FN2O4S/c1-3-9(18(14,15)16)8(6-17-2)10-12-4-7(11)5-13-10/h4-5,8-9H,3,6H2,1-2H3,(H,14,15,16)/t8-,9+/m0/s1. The van der Waals surface area contributed by atoms with E-state index in [2.05, 4.69) is 9.97 Å². The Morgan fingerprint density at radius 3 is 2.39 bits per heavy atom. The molecule has 0 saturated carbocycles. The van der Waals surface area contributed by atoms with Gasteiger partial charge in [0.25, 0.3) is 10.1 Å². The number of ether oxygens (including phenoxy) is 1. The van der Waals surface area contributed by atoms with Crippen molar-refractivity contribution in [3.05, 3.63) is 24.0 Å². The fourth-order valence-corrected chi connectivity index (χ4v) is 2.78. The Hall–Kier alpha value is -1.12. The van der Waals surface area contributed by atoms with Crippen molar-refractivity contribution < 1.29 is 22.1 Å². The summed E-state index contributed by atoms with van der Waals surface area (Å²) in [4.78, 5) is 7.48. The maximum Gasteiger partial charge on any atom is 0.268 e. The van der Waals surface area contributed by atoms with Crippen molar-refractivity contribution in [3.63, 3.8) is 0 Å². The zero-order valence-electron chi connectivity index (χ0n) is 10.1. The lowest BCUT2D eigenvalue weighted by molar-refractivity contribution is 0.172. The Labute approximate surface area is 105 Å². The lowest BCUT2D eigenvalue weighted by Gasteiger charge is -2.21. The van der Waals surface area contributed by atoms with Gasteiger partial charge in [0.05, 0.1) is 30.2 Å². The zero-order valence-corrected chi connectivity index (χ0v) is 10.9. The second kappa shape index (κ2) is 6.17. The highest BCUT2D eigenvalue weighted by atomic mass is 32.2. The average molecular weight is 278 g/mol. The van der Waals surface area contributed by atoms with Crippen molar-refractivity contribution in [2.45, 2.75) is 24.5 Å². The van der Waals surface area contributed by atoms with Crippen LogP contribution in [0.3, 0.4) is 0 Å². The molecular weight excluding hydrogens is 263 g/mol. The van der Waals surface area contributed by atoms with Gasteiger partial charge in [-0.3, -0.25) is 4.55 Å². The quantitative estimate of drug-likeness (QED) is 0.781. The molecule has 0 bridgehead atoms. The van der Waals surface area contributed by atoms with Crippen LogP contribution in [0.1, 0.15) is 25.1 Å². The van der Waals surface area contributed by atoms with Crippen molar-refractivity contribution in [1.29, 1.82) is 0 Å². The first kappa shape index (κ1) is 14.9. The molecule has 1 aromatic heterocycles. The third-order valence-electron chi connectivity index (χ3n) is 2.55. The van der Waals surface area contributed by atoms with Gasteiger partial charge in [-0.05, 0) is 6.42 Å². The van der Waals surface area contributed by atoms with E-state index in [1.807, 2.05) is 0 Å². The Bertz CT molecular complexity index is 477. The Morgan fingerprint density at radius 2 is 2.00 bits per heavy atom. The van der Waals surface area contributed by atoms with E-state index in [1.165, 1.54) is 7.11 Å². The molecule has 0 aliphatic heterocycles. The zero-order chi connectivity index (χ0) is 13.8. The lowest BCUT2D eigenvalue weighted by atomic mass is 10.0. The second-order valence-corrected chi connectivity index (χ2v) is 5.42. The van der Waals surface area contributed by atoms with E-state index in [0.29, 0.717) is 0 Å². The molecule has 1 heterocycles. The van der Waals surface area contributed by atoms with Crippen molar-refractivity contribution in [3.8, 4) is 0 Å². The minimum atomic E-state index is -4.25. The van der Waals surface area contributed by atoms with Gasteiger partial charge >= 0.3 is 0 Å². The number of rotatable bonds is 6. The molecule has 0 saturated heterocycles. The monoisotopic (exact) mass is 278 g/mol. The third-order valence-corrected chi connectivity index (χ3v) is 3.98. The molecule has 1 rings (SSSR count). The van der Waals surface area contributed by atoms with E-state index >= 15 is 0 Å². The molecule has 0 amide bonds. The fourth-order valence-electron chi connectivity index (χ4n) is 1.74. The summed E-state index contributed by atoms with van der Waals surface area (Å²) >= 11 is 0. The van der Waals surface area contributed by atoms with Gasteiger partial charge < -0.3 is 4.74 Å². The van der Waals surface area contributed by atoms with Gasteiger partial charge in [0.15, 0.2) is 5.82 Å². The molecule has 0 aromatic carbocycles. The molecule has 2 atom stereocenters. The minimum absolute atomic E-state index is 0.0178. The van der Waals surface area contributed by atoms with E-state index in [-0.39, 0.29) is 18.9 Å². The third kappa shape index (κ3) is 3.69. The first-order valence-corrected chi connectivity index (χ1v) is 6.83. The molecule has 0 unspecified atom stereocenters. The molecule has 0 spiro atoms. The highest BCUT2D eigenvalue weighted by Gasteiger charge is 2.33. The topological polar surface area (TPSA) is 89.4 Å². The van der Waals surface area contributed by atoms with Crippen LogP contribution in [0.4, 0.5) is 4.39 Å². The molecule has 6 nitrogen and oxygen atoms in total. The van der Waals surface area contributed by atoms with Gasteiger partial charge in [-0.15, -0.1) is 0 Å². The van der Waals surface area contributed by atoms with Gasteiger partial charge in [0, 0.05) is 7.11 Å². The summed E-state index contributed by atoms with van der Waals surface area (Å²) in [5.74, 6) is -1.23. The normalized spacial score (nSPS) is 15.3. The van der Waals surface area contributed by atoms with Gasteiger partial charge in [0.2, 0.25) is 0 Å². The van der Waals surface area contributed by atoms with E-state index in [0.717, 1.165) is 12.4 Å². The Kier molecular flexibility index (Phi) is 5.12. The van der Waals surface area contributed by atoms with Crippen molar-refractivity contribution in [2.24, 2.45) is 0 Å². The van der Waals surface area contributed by atoms with Crippen LogP contribution in [0.2, 0.25) is 0 Å². The van der Waals surface area contributed by atoms with Crippen LogP contribution < -0.4 is 0 Å². The molecule has 0 fully saturated rings. The summed E-state index contributed by atoms with van der Waals surface area (Å²) in [6.07, 6.45) is 2.07. The van der Waals surface area contributed by atoms with E-state index < -0.39 is 27.1 Å². The van der Waals surface area contributed by atoms with Crippen molar-refractivity contribution in [2.75, 3.05) is 13.7 Å². The fraction of sp³-hybridized carbons (Fsp3) is 0.600. The molecule has 0 radical (unpaired) electrons. The summed E-state index contributed by atoms with van der Waals surface area (Å²) in [6, 6.07) is 0. The van der Waals surface area contributed by atoms with Crippen molar-refractivity contribution >= 4 is 10.1 Å². The highest BCUT2D eigenvalue weighted by molar-refractivity contribution is 7.86. The lowest BCUT2D eigenvalue weighted by Crippen LogP contribution is -2.31. The Morgan fingerprint density at radius 1 is 1.44 bits per heavy atom. The maximum atomic E-state index is 12.7. The van der Waals surface area contributed by atoms with Gasteiger partial charge in [0.1, 0.15) is 5.82 Å². The minimum Gasteiger partial charge on any atom is -0.384 e. The summed E-state index contributed by atoms with van der Waals surface area (Å²) < 4.78 is 49.4. The van der Waals surface area contributed by atoms with Crippen LogP contribution in [-0.2, 0) is 14.9 Å². The largest absolute Gasteiger partial charge is 0.384 e. The predicted molar refractivity (Wildman–Crippen MR) is 62.2 cm³/mol. The summed E-state index contributed by atoms with van der Waals surface area (Å²) in [5, 5.41) is -1.08. The van der Waals surface area contributed by atoms with E-state index in [4.69, 9.17) is 4.74 Å². The number of aromatic nitrogens is 2. The number of hydrogen-bond acceptors (Lipinski definition) is 5. The number of methoxy groups -OCH3 is 1. The summed E-state index contributed by atoms with van der Waals surface area (Å²) in [7, 11) is -2.85. The van der Waals surface area contributed by atoms with E-state index in [1.54, 1.807) is 6.92 Å². The van der Waals surface area contributed by atoms with Crippen LogP contribution >= 0.6 is 0 Å². The van der Waals surface area contributed by atoms with E-state index in [9.17, 15) is 17.4 Å². The molecule has 1 N–H and O–H groups in total. The molecule has 18 heavy (non-hydrogen) atoms. The van der Waals surface area contributed by atoms with Crippen LogP contribution in [0.25, 0.3) is 0 Å². The molecule has 102 valence electrons. The average Bonchev–Trinajstić information content (AvgIpc) is 2.28. The molecule has 8 heteroatoms. The second-order valence-electron chi connectivity index (χ2n) is 3.78. The summed E-state index contributed by atoms with van der Waals surface area (Å²) in [5.41, 5.74) is 0. The molecule has 1 aromatic rings. The van der Waals surface area contributed by atoms with Crippen LogP contribution in [-0.4, -0.2) is 41.9 Å². The van der Waals surface area contributed by atoms with Crippen LogP contribution in [0.5, 0.6) is 0 Å². The molecule has 0 aliphatic rings.